The number of anilines is 1. The Morgan fingerprint density at radius 1 is 1.14 bits per heavy atom. The van der Waals surface area contributed by atoms with Crippen molar-refractivity contribution in [2.75, 3.05) is 5.43 Å². The molecular weight excluding hydrogens is 270 g/mol. The van der Waals surface area contributed by atoms with E-state index in [4.69, 9.17) is 0 Å². The van der Waals surface area contributed by atoms with E-state index in [-0.39, 0.29) is 23.7 Å². The number of aryl methyl sites for hydroxylation is 1. The number of nitrogens with zero attached hydrogens (tertiary/aromatic N) is 1. The van der Waals surface area contributed by atoms with Gasteiger partial charge in [-0.05, 0) is 18.6 Å². The minimum atomic E-state index is -0.505. The predicted molar refractivity (Wildman–Crippen MR) is 79.7 cm³/mol. The Bertz CT molecular complexity index is 653. The first-order valence-corrected chi connectivity index (χ1v) is 6.40. The monoisotopic (exact) mass is 285 g/mol. The second-order valence-electron chi connectivity index (χ2n) is 4.61. The van der Waals surface area contributed by atoms with Gasteiger partial charge in [-0.1, -0.05) is 42.0 Å². The minimum absolute atomic E-state index is 0.0897. The average Bonchev–Trinajstić information content (AvgIpc) is 2.48. The van der Waals surface area contributed by atoms with Crippen LogP contribution in [0.3, 0.4) is 0 Å². The summed E-state index contributed by atoms with van der Waals surface area (Å²) in [5.41, 5.74) is 7.21. The van der Waals surface area contributed by atoms with Crippen LogP contribution in [0, 0.1) is 17.0 Å². The maximum absolute atomic E-state index is 11.8. The Kier molecular flexibility index (Phi) is 4.50. The van der Waals surface area contributed by atoms with Crippen molar-refractivity contribution in [3.63, 3.8) is 0 Å². The van der Waals surface area contributed by atoms with Crippen LogP contribution in [0.5, 0.6) is 0 Å². The van der Waals surface area contributed by atoms with Crippen molar-refractivity contribution in [1.29, 1.82) is 0 Å². The van der Waals surface area contributed by atoms with E-state index < -0.39 is 4.92 Å². The molecule has 0 fully saturated rings. The highest BCUT2D eigenvalue weighted by atomic mass is 16.6. The number of nitro benzene ring substituents is 1. The Hall–Kier alpha value is -2.89. The number of para-hydroxylation sites is 2. The molecule has 108 valence electrons. The summed E-state index contributed by atoms with van der Waals surface area (Å²) in [4.78, 5) is 22.1. The van der Waals surface area contributed by atoms with Crippen molar-refractivity contribution in [3.8, 4) is 0 Å². The Labute approximate surface area is 121 Å². The molecule has 0 aliphatic heterocycles. The molecule has 0 aliphatic carbocycles. The van der Waals surface area contributed by atoms with Crippen LogP contribution in [0.4, 0.5) is 11.4 Å². The molecule has 0 unspecified atom stereocenters. The number of benzene rings is 2. The highest BCUT2D eigenvalue weighted by Gasteiger charge is 2.12. The minimum Gasteiger partial charge on any atom is -0.292 e. The van der Waals surface area contributed by atoms with Crippen LogP contribution in [0.1, 0.15) is 11.1 Å². The van der Waals surface area contributed by atoms with E-state index in [1.54, 1.807) is 12.1 Å². The van der Waals surface area contributed by atoms with Gasteiger partial charge < -0.3 is 0 Å². The van der Waals surface area contributed by atoms with Crippen molar-refractivity contribution < 1.29 is 9.72 Å². The molecular formula is C15H15N3O3. The van der Waals surface area contributed by atoms with E-state index in [0.29, 0.717) is 0 Å². The Morgan fingerprint density at radius 2 is 1.81 bits per heavy atom. The summed E-state index contributed by atoms with van der Waals surface area (Å²) in [5, 5.41) is 10.8. The molecule has 1 amide bonds. The SMILES string of the molecule is Cc1ccc(CC(=O)NNc2ccccc2[N+](=O)[O-])cc1. The molecule has 6 heteroatoms. The first kappa shape index (κ1) is 14.5. The summed E-state index contributed by atoms with van der Waals surface area (Å²) in [6.07, 6.45) is 0.202. The number of hydrogen-bond donors (Lipinski definition) is 2. The number of nitro groups is 1. The summed E-state index contributed by atoms with van der Waals surface area (Å²) in [5.74, 6) is -0.267. The van der Waals surface area contributed by atoms with Crippen molar-refractivity contribution in [1.82, 2.24) is 5.43 Å². The molecule has 2 rings (SSSR count). The van der Waals surface area contributed by atoms with E-state index in [0.717, 1.165) is 11.1 Å². The van der Waals surface area contributed by atoms with Crippen molar-refractivity contribution in [2.24, 2.45) is 0 Å². The van der Waals surface area contributed by atoms with E-state index in [1.165, 1.54) is 12.1 Å². The van der Waals surface area contributed by atoms with Crippen LogP contribution in [0.25, 0.3) is 0 Å². The normalized spacial score (nSPS) is 9.95. The Morgan fingerprint density at radius 3 is 2.48 bits per heavy atom. The van der Waals surface area contributed by atoms with Crippen LogP contribution in [0.2, 0.25) is 0 Å². The quantitative estimate of drug-likeness (QED) is 0.653. The summed E-state index contributed by atoms with van der Waals surface area (Å²) in [6, 6.07) is 13.7. The number of hydrogen-bond acceptors (Lipinski definition) is 4. The fourth-order valence-corrected chi connectivity index (χ4v) is 1.81. The third-order valence-electron chi connectivity index (χ3n) is 2.92. The number of nitrogens with one attached hydrogen (secondary N) is 2. The van der Waals surface area contributed by atoms with E-state index >= 15 is 0 Å². The summed E-state index contributed by atoms with van der Waals surface area (Å²) in [7, 11) is 0. The van der Waals surface area contributed by atoms with Crippen molar-refractivity contribution in [3.05, 3.63) is 69.8 Å². The van der Waals surface area contributed by atoms with Crippen LogP contribution in [-0.2, 0) is 11.2 Å². The second-order valence-corrected chi connectivity index (χ2v) is 4.61. The largest absolute Gasteiger partial charge is 0.294 e. The van der Waals surface area contributed by atoms with Crippen molar-refractivity contribution >= 4 is 17.3 Å². The predicted octanol–water partition coefficient (Wildman–Crippen LogP) is 2.59. The highest BCUT2D eigenvalue weighted by molar-refractivity contribution is 5.80. The highest BCUT2D eigenvalue weighted by Crippen LogP contribution is 2.22. The standard InChI is InChI=1S/C15H15N3O3/c1-11-6-8-12(9-7-11)10-15(19)17-16-13-4-2-3-5-14(13)18(20)21/h2-9,16H,10H2,1H3,(H,17,19). The molecule has 0 heterocycles. The lowest BCUT2D eigenvalue weighted by atomic mass is 10.1. The third kappa shape index (κ3) is 4.04. The average molecular weight is 285 g/mol. The fraction of sp³-hybridized carbons (Fsp3) is 0.133. The van der Waals surface area contributed by atoms with Gasteiger partial charge in [-0.15, -0.1) is 0 Å². The van der Waals surface area contributed by atoms with Gasteiger partial charge in [0.05, 0.1) is 11.3 Å². The summed E-state index contributed by atoms with van der Waals surface area (Å²) < 4.78 is 0. The van der Waals surface area contributed by atoms with Gasteiger partial charge in [0.2, 0.25) is 5.91 Å². The zero-order valence-corrected chi connectivity index (χ0v) is 11.5. The van der Waals surface area contributed by atoms with Crippen molar-refractivity contribution in [2.45, 2.75) is 13.3 Å². The number of rotatable bonds is 5. The molecule has 0 aromatic heterocycles. The van der Waals surface area contributed by atoms with Gasteiger partial charge in [0.1, 0.15) is 5.69 Å². The van der Waals surface area contributed by atoms with Crippen LogP contribution < -0.4 is 10.9 Å². The first-order chi connectivity index (χ1) is 10.1. The third-order valence-corrected chi connectivity index (χ3v) is 2.92. The molecule has 6 nitrogen and oxygen atoms in total. The number of hydrazine groups is 1. The fourth-order valence-electron chi connectivity index (χ4n) is 1.81. The van der Waals surface area contributed by atoms with Crippen LogP contribution in [0.15, 0.2) is 48.5 Å². The molecule has 0 bridgehead atoms. The number of carbonyl (C=O) groups is 1. The second kappa shape index (κ2) is 6.51. The first-order valence-electron chi connectivity index (χ1n) is 6.40. The molecule has 0 spiro atoms. The smallest absolute Gasteiger partial charge is 0.292 e. The maximum Gasteiger partial charge on any atom is 0.294 e. The molecule has 0 atom stereocenters. The lowest BCUT2D eigenvalue weighted by Gasteiger charge is -2.09. The van der Waals surface area contributed by atoms with Gasteiger partial charge in [0.15, 0.2) is 0 Å². The molecule has 2 aromatic rings. The van der Waals surface area contributed by atoms with Gasteiger partial charge >= 0.3 is 0 Å². The molecule has 0 saturated carbocycles. The van der Waals surface area contributed by atoms with Crippen LogP contribution in [-0.4, -0.2) is 10.8 Å². The van der Waals surface area contributed by atoms with Gasteiger partial charge in [-0.3, -0.25) is 25.8 Å². The molecule has 2 N–H and O–H groups in total. The zero-order valence-electron chi connectivity index (χ0n) is 11.5. The number of carbonyl (C=O) groups excluding carboxylic acids is 1. The number of amides is 1. The summed E-state index contributed by atoms with van der Waals surface area (Å²) in [6.45, 7) is 1.97. The van der Waals surface area contributed by atoms with Gasteiger partial charge in [-0.25, -0.2) is 0 Å². The topological polar surface area (TPSA) is 84.3 Å². The molecule has 0 saturated heterocycles. The van der Waals surface area contributed by atoms with Crippen LogP contribution >= 0.6 is 0 Å². The van der Waals surface area contributed by atoms with Gasteiger partial charge in [0.25, 0.3) is 5.69 Å². The lowest BCUT2D eigenvalue weighted by molar-refractivity contribution is -0.384. The van der Waals surface area contributed by atoms with E-state index in [9.17, 15) is 14.9 Å². The van der Waals surface area contributed by atoms with E-state index in [2.05, 4.69) is 10.9 Å². The maximum atomic E-state index is 11.8. The lowest BCUT2D eigenvalue weighted by Crippen LogP contribution is -2.31. The van der Waals surface area contributed by atoms with Gasteiger partial charge in [-0.2, -0.15) is 0 Å². The molecule has 0 aliphatic rings. The molecule has 21 heavy (non-hydrogen) atoms. The molecule has 0 radical (unpaired) electrons. The van der Waals surface area contributed by atoms with Gasteiger partial charge in [0, 0.05) is 6.07 Å². The van der Waals surface area contributed by atoms with E-state index in [1.807, 2.05) is 31.2 Å². The summed E-state index contributed by atoms with van der Waals surface area (Å²) >= 11 is 0. The zero-order chi connectivity index (χ0) is 15.2. The molecule has 2 aromatic carbocycles. The Balaban J connectivity index is 1.95.